The summed E-state index contributed by atoms with van der Waals surface area (Å²) in [5.74, 6) is 0.642. The zero-order valence-corrected chi connectivity index (χ0v) is 15.5. The maximum Gasteiger partial charge on any atom is 0.223 e. The molecule has 1 fully saturated rings. The lowest BCUT2D eigenvalue weighted by atomic mass is 9.88. The molecule has 7 nitrogen and oxygen atoms in total. The lowest BCUT2D eigenvalue weighted by Gasteiger charge is -2.28. The molecule has 0 unspecified atom stereocenters. The van der Waals surface area contributed by atoms with Gasteiger partial charge in [-0.3, -0.25) is 4.79 Å². The second kappa shape index (κ2) is 6.24. The fraction of sp³-hybridized carbons (Fsp3) is 0.250. The van der Waals surface area contributed by atoms with E-state index in [9.17, 15) is 9.90 Å². The number of H-pyrrole nitrogens is 1. The Balaban J connectivity index is 1.56. The molecule has 1 aromatic carbocycles. The molecule has 2 aliphatic carbocycles. The van der Waals surface area contributed by atoms with Crippen LogP contribution in [0.5, 0.6) is 5.75 Å². The van der Waals surface area contributed by atoms with Crippen molar-refractivity contribution in [2.24, 2.45) is 23.5 Å². The number of hydrogen-bond acceptors (Lipinski definition) is 5. The average Bonchev–Trinajstić information content (AvgIpc) is 3.38. The molecule has 5 N–H and O–H groups in total. The van der Waals surface area contributed by atoms with Crippen molar-refractivity contribution in [1.29, 1.82) is 0 Å². The number of aromatic hydroxyl groups is 1. The van der Waals surface area contributed by atoms with Gasteiger partial charge >= 0.3 is 0 Å². The van der Waals surface area contributed by atoms with Crippen LogP contribution in [0.15, 0.2) is 42.6 Å². The van der Waals surface area contributed by atoms with Gasteiger partial charge < -0.3 is 21.1 Å². The molecule has 5 rings (SSSR count). The van der Waals surface area contributed by atoms with E-state index in [1.807, 2.05) is 0 Å². The first-order valence-corrected chi connectivity index (χ1v) is 9.47. The van der Waals surface area contributed by atoms with Gasteiger partial charge in [0.25, 0.3) is 0 Å². The Morgan fingerprint density at radius 3 is 2.75 bits per heavy atom. The van der Waals surface area contributed by atoms with Crippen LogP contribution in [0.1, 0.15) is 6.42 Å². The lowest BCUT2D eigenvalue weighted by Crippen LogP contribution is -2.41. The van der Waals surface area contributed by atoms with Gasteiger partial charge in [-0.1, -0.05) is 23.8 Å². The van der Waals surface area contributed by atoms with E-state index in [4.69, 9.17) is 17.3 Å². The molecule has 0 spiro atoms. The molecule has 1 saturated carbocycles. The Morgan fingerprint density at radius 2 is 2.00 bits per heavy atom. The standard InChI is InChI=1S/C20H18ClN5O2/c21-13-8-23-20-17(25-19(26-20)9-3-5-12(27)6-4-9)16(13)24-15-11-2-1-10(7-11)14(15)18(22)28/h1-6,8,10-11,14-15,27H,7H2,(H2,22,28)(H2,23,24,25,26)/t10-,11+,14+,15-/m1/s1. The molecule has 2 heterocycles. The SMILES string of the molecule is NC(=O)[C@@H]1[C@H](Nc2c(Cl)cnc3nc(-c4ccc(O)cc4)[nH]c23)[C@H]2C=C[C@@H]1C2. The number of benzene rings is 1. The van der Waals surface area contributed by atoms with Crippen LogP contribution >= 0.6 is 11.6 Å². The van der Waals surface area contributed by atoms with Crippen LogP contribution in [0.3, 0.4) is 0 Å². The molecular formula is C20H18ClN5O2. The van der Waals surface area contributed by atoms with Crippen molar-refractivity contribution in [2.75, 3.05) is 5.32 Å². The van der Waals surface area contributed by atoms with Crippen molar-refractivity contribution in [3.05, 3.63) is 47.6 Å². The van der Waals surface area contributed by atoms with Gasteiger partial charge in [-0.05, 0) is 42.5 Å². The van der Waals surface area contributed by atoms with Gasteiger partial charge in [0, 0.05) is 11.6 Å². The number of carbonyl (C=O) groups is 1. The molecule has 2 aliphatic rings. The first-order chi connectivity index (χ1) is 13.5. The van der Waals surface area contributed by atoms with Gasteiger partial charge in [-0.15, -0.1) is 0 Å². The summed E-state index contributed by atoms with van der Waals surface area (Å²) in [5, 5.41) is 13.4. The Morgan fingerprint density at radius 1 is 1.25 bits per heavy atom. The van der Waals surface area contributed by atoms with E-state index >= 15 is 0 Å². The predicted molar refractivity (Wildman–Crippen MR) is 107 cm³/mol. The number of hydrogen-bond donors (Lipinski definition) is 4. The number of nitrogens with zero attached hydrogens (tertiary/aromatic N) is 2. The fourth-order valence-corrected chi connectivity index (χ4v) is 4.60. The number of nitrogens with one attached hydrogen (secondary N) is 2. The fourth-order valence-electron chi connectivity index (χ4n) is 4.40. The maximum absolute atomic E-state index is 12.0. The summed E-state index contributed by atoms with van der Waals surface area (Å²) in [5.41, 5.74) is 8.35. The monoisotopic (exact) mass is 395 g/mol. The number of fused-ring (bicyclic) bond motifs is 3. The van der Waals surface area contributed by atoms with Crippen molar-refractivity contribution in [1.82, 2.24) is 15.0 Å². The molecule has 8 heteroatoms. The number of allylic oxidation sites excluding steroid dienone is 1. The minimum Gasteiger partial charge on any atom is -0.508 e. The Labute approximate surface area is 165 Å². The number of phenolic OH excluding ortho intramolecular Hbond substituents is 1. The number of nitrogens with two attached hydrogens (primary N) is 1. The zero-order chi connectivity index (χ0) is 19.4. The minimum atomic E-state index is -0.301. The van der Waals surface area contributed by atoms with E-state index in [0.29, 0.717) is 27.7 Å². The number of rotatable bonds is 4. The molecule has 4 atom stereocenters. The highest BCUT2D eigenvalue weighted by Crippen LogP contribution is 2.46. The van der Waals surface area contributed by atoms with Crippen molar-refractivity contribution >= 4 is 34.4 Å². The Hall–Kier alpha value is -3.06. The highest BCUT2D eigenvalue weighted by molar-refractivity contribution is 6.34. The third-order valence-electron chi connectivity index (χ3n) is 5.71. The van der Waals surface area contributed by atoms with Crippen molar-refractivity contribution in [3.8, 4) is 17.1 Å². The van der Waals surface area contributed by atoms with E-state index in [-0.39, 0.29) is 35.5 Å². The number of aromatic nitrogens is 3. The van der Waals surface area contributed by atoms with E-state index in [1.54, 1.807) is 30.5 Å². The molecule has 0 aliphatic heterocycles. The van der Waals surface area contributed by atoms with Crippen molar-refractivity contribution in [3.63, 3.8) is 0 Å². The number of carbonyl (C=O) groups excluding carboxylic acids is 1. The molecule has 0 radical (unpaired) electrons. The molecular weight excluding hydrogens is 378 g/mol. The highest BCUT2D eigenvalue weighted by atomic mass is 35.5. The number of primary amides is 1. The second-order valence-corrected chi connectivity index (χ2v) is 7.77. The molecule has 1 amide bonds. The smallest absolute Gasteiger partial charge is 0.223 e. The van der Waals surface area contributed by atoms with Gasteiger partial charge in [0.1, 0.15) is 17.1 Å². The third-order valence-corrected chi connectivity index (χ3v) is 6.00. The van der Waals surface area contributed by atoms with Crippen LogP contribution in [-0.2, 0) is 4.79 Å². The van der Waals surface area contributed by atoms with Crippen molar-refractivity contribution in [2.45, 2.75) is 12.5 Å². The second-order valence-electron chi connectivity index (χ2n) is 7.36. The van der Waals surface area contributed by atoms with Crippen LogP contribution in [0.4, 0.5) is 5.69 Å². The maximum atomic E-state index is 12.0. The molecule has 28 heavy (non-hydrogen) atoms. The number of phenols is 1. The van der Waals surface area contributed by atoms with Gasteiger partial charge in [0.2, 0.25) is 5.91 Å². The summed E-state index contributed by atoms with van der Waals surface area (Å²) in [4.78, 5) is 24.1. The molecule has 2 aromatic heterocycles. The molecule has 0 saturated heterocycles. The van der Waals surface area contributed by atoms with Crippen LogP contribution in [-0.4, -0.2) is 32.0 Å². The normalized spacial score (nSPS) is 25.5. The predicted octanol–water partition coefficient (Wildman–Crippen LogP) is 3.07. The van der Waals surface area contributed by atoms with Crippen LogP contribution < -0.4 is 11.1 Å². The number of pyridine rings is 1. The Kier molecular flexibility index (Phi) is 3.80. The van der Waals surface area contributed by atoms with E-state index in [1.165, 1.54) is 0 Å². The van der Waals surface area contributed by atoms with Gasteiger partial charge in [-0.25, -0.2) is 9.97 Å². The van der Waals surface area contributed by atoms with E-state index in [2.05, 4.69) is 32.4 Å². The largest absolute Gasteiger partial charge is 0.508 e. The zero-order valence-electron chi connectivity index (χ0n) is 14.8. The van der Waals surface area contributed by atoms with Gasteiger partial charge in [0.05, 0.1) is 22.8 Å². The minimum absolute atomic E-state index is 0.115. The van der Waals surface area contributed by atoms with Crippen LogP contribution in [0.25, 0.3) is 22.6 Å². The van der Waals surface area contributed by atoms with E-state index < -0.39 is 0 Å². The number of halogens is 1. The quantitative estimate of drug-likeness (QED) is 0.506. The molecule has 3 aromatic rings. The highest BCUT2D eigenvalue weighted by Gasteiger charge is 2.47. The molecule has 2 bridgehead atoms. The first-order valence-electron chi connectivity index (χ1n) is 9.09. The van der Waals surface area contributed by atoms with Gasteiger partial charge in [-0.2, -0.15) is 0 Å². The Bertz CT molecular complexity index is 1110. The number of amides is 1. The number of imidazole rings is 1. The summed E-state index contributed by atoms with van der Waals surface area (Å²) in [6, 6.07) is 6.62. The van der Waals surface area contributed by atoms with Gasteiger partial charge in [0.15, 0.2) is 5.65 Å². The molecule has 142 valence electrons. The first kappa shape index (κ1) is 17.1. The topological polar surface area (TPSA) is 117 Å². The number of anilines is 1. The van der Waals surface area contributed by atoms with E-state index in [0.717, 1.165) is 12.0 Å². The summed E-state index contributed by atoms with van der Waals surface area (Å²) < 4.78 is 0. The average molecular weight is 396 g/mol. The van der Waals surface area contributed by atoms with Crippen molar-refractivity contribution < 1.29 is 9.90 Å². The van der Waals surface area contributed by atoms with Crippen LogP contribution in [0.2, 0.25) is 5.02 Å². The number of aromatic amines is 1. The third kappa shape index (κ3) is 2.62. The van der Waals surface area contributed by atoms with Crippen LogP contribution in [0, 0.1) is 17.8 Å². The summed E-state index contributed by atoms with van der Waals surface area (Å²) in [6.45, 7) is 0. The summed E-state index contributed by atoms with van der Waals surface area (Å²) >= 11 is 6.45. The summed E-state index contributed by atoms with van der Waals surface area (Å²) in [7, 11) is 0. The summed E-state index contributed by atoms with van der Waals surface area (Å²) in [6.07, 6.45) is 6.69. The lowest BCUT2D eigenvalue weighted by molar-refractivity contribution is -0.122.